The molecule has 136 valence electrons. The minimum Gasteiger partial charge on any atom is -0.481 e. The van der Waals surface area contributed by atoms with Crippen LogP contribution in [-0.4, -0.2) is 72.7 Å². The summed E-state index contributed by atoms with van der Waals surface area (Å²) in [5.74, 6) is -1.42. The predicted molar refractivity (Wildman–Crippen MR) is 93.2 cm³/mol. The lowest BCUT2D eigenvalue weighted by Crippen LogP contribution is -2.51. The van der Waals surface area contributed by atoms with Crippen molar-refractivity contribution in [1.29, 1.82) is 0 Å². The molecule has 25 heavy (non-hydrogen) atoms. The van der Waals surface area contributed by atoms with Crippen molar-refractivity contribution >= 4 is 11.9 Å². The zero-order valence-electron chi connectivity index (χ0n) is 14.5. The summed E-state index contributed by atoms with van der Waals surface area (Å²) in [7, 11) is 0. The zero-order chi connectivity index (χ0) is 17.6. The number of carboxylic acids is 1. The van der Waals surface area contributed by atoms with Crippen molar-refractivity contribution in [3.8, 4) is 0 Å². The smallest absolute Gasteiger partial charge is 0.307 e. The van der Waals surface area contributed by atoms with Gasteiger partial charge in [-0.1, -0.05) is 30.3 Å². The van der Waals surface area contributed by atoms with Gasteiger partial charge in [0.2, 0.25) is 5.91 Å². The van der Waals surface area contributed by atoms with Gasteiger partial charge in [-0.25, -0.2) is 0 Å². The molecule has 0 saturated carbocycles. The first-order chi connectivity index (χ1) is 12.1. The van der Waals surface area contributed by atoms with Crippen LogP contribution in [0.15, 0.2) is 30.3 Å². The van der Waals surface area contributed by atoms with E-state index in [9.17, 15) is 14.7 Å². The Morgan fingerprint density at radius 3 is 2.44 bits per heavy atom. The third-order valence-electron chi connectivity index (χ3n) is 5.11. The topological polar surface area (TPSA) is 70.1 Å². The minimum atomic E-state index is -0.802. The van der Waals surface area contributed by atoms with E-state index in [-0.39, 0.29) is 11.8 Å². The van der Waals surface area contributed by atoms with E-state index in [0.717, 1.165) is 13.0 Å². The number of carbonyl (C=O) groups is 2. The van der Waals surface area contributed by atoms with Crippen LogP contribution in [0.2, 0.25) is 0 Å². The Balaban J connectivity index is 1.62. The Bertz CT molecular complexity index is 586. The van der Waals surface area contributed by atoms with Gasteiger partial charge >= 0.3 is 5.97 Å². The molecule has 2 saturated heterocycles. The summed E-state index contributed by atoms with van der Waals surface area (Å²) in [4.78, 5) is 28.3. The maximum Gasteiger partial charge on any atom is 0.307 e. The summed E-state index contributed by atoms with van der Waals surface area (Å²) in [6.07, 6.45) is 1.30. The van der Waals surface area contributed by atoms with E-state index < -0.39 is 11.9 Å². The third kappa shape index (κ3) is 4.80. The second-order valence-corrected chi connectivity index (χ2v) is 6.90. The number of likely N-dealkylation sites (tertiary alicyclic amines) is 1. The molecule has 1 aromatic carbocycles. The first kappa shape index (κ1) is 17.9. The molecule has 6 nitrogen and oxygen atoms in total. The number of aliphatic carboxylic acids is 1. The van der Waals surface area contributed by atoms with Crippen LogP contribution in [0.25, 0.3) is 0 Å². The monoisotopic (exact) mass is 346 g/mol. The average Bonchev–Trinajstić information content (AvgIpc) is 2.67. The van der Waals surface area contributed by atoms with Crippen molar-refractivity contribution in [2.75, 3.05) is 45.9 Å². The number of morpholine rings is 1. The van der Waals surface area contributed by atoms with Crippen LogP contribution in [-0.2, 0) is 20.7 Å². The van der Waals surface area contributed by atoms with Crippen LogP contribution in [0.5, 0.6) is 0 Å². The van der Waals surface area contributed by atoms with Gasteiger partial charge in [-0.2, -0.15) is 0 Å². The molecule has 1 amide bonds. The summed E-state index contributed by atoms with van der Waals surface area (Å²) in [6, 6.07) is 10.2. The van der Waals surface area contributed by atoms with Crippen LogP contribution in [0.1, 0.15) is 12.0 Å². The Morgan fingerprint density at radius 1 is 1.08 bits per heavy atom. The molecular formula is C19H26N2O4. The lowest BCUT2D eigenvalue weighted by atomic mass is 9.88. The van der Waals surface area contributed by atoms with E-state index >= 15 is 0 Å². The van der Waals surface area contributed by atoms with E-state index in [2.05, 4.69) is 17.0 Å². The number of carboxylic acid groups (broad SMARTS) is 1. The molecule has 3 rings (SSSR count). The average molecular weight is 346 g/mol. The van der Waals surface area contributed by atoms with E-state index in [1.807, 2.05) is 23.1 Å². The van der Waals surface area contributed by atoms with Crippen LogP contribution in [0.4, 0.5) is 0 Å². The molecule has 2 heterocycles. The van der Waals surface area contributed by atoms with Crippen LogP contribution in [0.3, 0.4) is 0 Å². The van der Waals surface area contributed by atoms with Gasteiger partial charge in [0.1, 0.15) is 0 Å². The maximum absolute atomic E-state index is 12.8. The minimum absolute atomic E-state index is 0.0824. The molecule has 0 bridgehead atoms. The molecule has 2 fully saturated rings. The molecule has 2 aliphatic rings. The van der Waals surface area contributed by atoms with Gasteiger partial charge in [0.25, 0.3) is 0 Å². The van der Waals surface area contributed by atoms with Gasteiger partial charge in [0, 0.05) is 32.7 Å². The van der Waals surface area contributed by atoms with Crippen molar-refractivity contribution in [2.45, 2.75) is 12.8 Å². The maximum atomic E-state index is 12.8. The fourth-order valence-electron chi connectivity index (χ4n) is 3.70. The van der Waals surface area contributed by atoms with Gasteiger partial charge < -0.3 is 19.6 Å². The van der Waals surface area contributed by atoms with E-state index in [0.29, 0.717) is 45.8 Å². The second-order valence-electron chi connectivity index (χ2n) is 6.90. The van der Waals surface area contributed by atoms with Crippen LogP contribution < -0.4 is 0 Å². The van der Waals surface area contributed by atoms with Gasteiger partial charge in [0.05, 0.1) is 25.0 Å². The first-order valence-corrected chi connectivity index (χ1v) is 8.99. The van der Waals surface area contributed by atoms with Crippen LogP contribution in [0, 0.1) is 11.8 Å². The quantitative estimate of drug-likeness (QED) is 0.865. The molecule has 1 N–H and O–H groups in total. The molecule has 0 spiro atoms. The van der Waals surface area contributed by atoms with Crippen molar-refractivity contribution in [3.63, 3.8) is 0 Å². The van der Waals surface area contributed by atoms with Crippen molar-refractivity contribution in [1.82, 2.24) is 9.80 Å². The highest BCUT2D eigenvalue weighted by Crippen LogP contribution is 2.24. The van der Waals surface area contributed by atoms with E-state index in [1.54, 1.807) is 0 Å². The van der Waals surface area contributed by atoms with Crippen molar-refractivity contribution < 1.29 is 19.4 Å². The summed E-state index contributed by atoms with van der Waals surface area (Å²) in [5.41, 5.74) is 1.23. The standard InChI is InChI=1S/C19H26N2O4/c22-18(21-8-10-25-11-9-21)16-12-17(19(23)24)14-20(13-16)7-6-15-4-2-1-3-5-15/h1-5,16-17H,6-14H2,(H,23,24)/t16-,17+/m1/s1. The number of amides is 1. The Hall–Kier alpha value is -1.92. The van der Waals surface area contributed by atoms with Gasteiger partial charge in [-0.05, 0) is 18.4 Å². The predicted octanol–water partition coefficient (Wildman–Crippen LogP) is 1.11. The lowest BCUT2D eigenvalue weighted by Gasteiger charge is -2.38. The van der Waals surface area contributed by atoms with E-state index in [1.165, 1.54) is 5.56 Å². The molecule has 1 aromatic rings. The Kier molecular flexibility index (Phi) is 6.04. The number of hydrogen-bond acceptors (Lipinski definition) is 4. The van der Waals surface area contributed by atoms with Gasteiger partial charge in [-0.15, -0.1) is 0 Å². The third-order valence-corrected chi connectivity index (χ3v) is 5.11. The SMILES string of the molecule is O=C(O)[C@H]1C[C@@H](C(=O)N2CCOCC2)CN(CCc2ccccc2)C1. The fourth-order valence-corrected chi connectivity index (χ4v) is 3.70. The normalized spacial score (nSPS) is 24.9. The second kappa shape index (κ2) is 8.45. The van der Waals surface area contributed by atoms with E-state index in [4.69, 9.17) is 4.74 Å². The number of benzene rings is 1. The van der Waals surface area contributed by atoms with Gasteiger partial charge in [0.15, 0.2) is 0 Å². The number of nitrogens with zero attached hydrogens (tertiary/aromatic N) is 2. The summed E-state index contributed by atoms with van der Waals surface area (Å²) >= 11 is 0. The molecule has 0 unspecified atom stereocenters. The summed E-state index contributed by atoms with van der Waals surface area (Å²) < 4.78 is 5.31. The molecule has 6 heteroatoms. The molecule has 2 atom stereocenters. The van der Waals surface area contributed by atoms with Gasteiger partial charge in [-0.3, -0.25) is 9.59 Å². The number of carbonyl (C=O) groups excluding carboxylic acids is 1. The highest BCUT2D eigenvalue weighted by atomic mass is 16.5. The number of rotatable bonds is 5. The van der Waals surface area contributed by atoms with Crippen LogP contribution >= 0.6 is 0 Å². The number of hydrogen-bond donors (Lipinski definition) is 1. The Morgan fingerprint density at radius 2 is 1.76 bits per heavy atom. The summed E-state index contributed by atoms with van der Waals surface area (Å²) in [5, 5.41) is 9.48. The zero-order valence-corrected chi connectivity index (χ0v) is 14.5. The van der Waals surface area contributed by atoms with Crippen molar-refractivity contribution in [2.24, 2.45) is 11.8 Å². The first-order valence-electron chi connectivity index (χ1n) is 8.99. The molecular weight excluding hydrogens is 320 g/mol. The number of ether oxygens (including phenoxy) is 1. The highest BCUT2D eigenvalue weighted by molar-refractivity contribution is 5.80. The molecule has 0 aliphatic carbocycles. The summed E-state index contributed by atoms with van der Waals surface area (Å²) in [6.45, 7) is 4.30. The van der Waals surface area contributed by atoms with Crippen molar-refractivity contribution in [3.05, 3.63) is 35.9 Å². The molecule has 0 radical (unpaired) electrons. The molecule has 0 aromatic heterocycles. The molecule has 2 aliphatic heterocycles. The Labute approximate surface area is 148 Å². The lowest BCUT2D eigenvalue weighted by molar-refractivity contribution is -0.148. The fraction of sp³-hybridized carbons (Fsp3) is 0.579. The number of piperidine rings is 1. The highest BCUT2D eigenvalue weighted by Gasteiger charge is 2.36. The largest absolute Gasteiger partial charge is 0.481 e.